The second kappa shape index (κ2) is 8.66. The zero-order valence-corrected chi connectivity index (χ0v) is 17.2. The third kappa shape index (κ3) is 4.28. The number of rotatable bonds is 4. The molecule has 0 aliphatic carbocycles. The van der Waals surface area contributed by atoms with Crippen LogP contribution in [0, 0.1) is 18.3 Å². The first-order chi connectivity index (χ1) is 14.2. The molecule has 0 bridgehead atoms. The van der Waals surface area contributed by atoms with Crippen molar-refractivity contribution in [3.63, 3.8) is 0 Å². The highest BCUT2D eigenvalue weighted by Crippen LogP contribution is 2.28. The molecule has 1 aromatic carbocycles. The average Bonchev–Trinajstić information content (AvgIpc) is 2.79. The predicted octanol–water partition coefficient (Wildman–Crippen LogP) is 2.60. The van der Waals surface area contributed by atoms with Gasteiger partial charge in [-0.15, -0.1) is 0 Å². The number of ether oxygens (including phenoxy) is 1. The van der Waals surface area contributed by atoms with Gasteiger partial charge in [0, 0.05) is 45.5 Å². The molecule has 29 heavy (non-hydrogen) atoms. The van der Waals surface area contributed by atoms with Crippen LogP contribution in [-0.4, -0.2) is 62.5 Å². The predicted molar refractivity (Wildman–Crippen MR) is 115 cm³/mol. The van der Waals surface area contributed by atoms with Crippen LogP contribution in [-0.2, 0) is 4.74 Å². The molecule has 0 atom stereocenters. The zero-order valence-electron chi connectivity index (χ0n) is 17.2. The van der Waals surface area contributed by atoms with Gasteiger partial charge in [-0.2, -0.15) is 10.2 Å². The van der Waals surface area contributed by atoms with E-state index in [1.807, 2.05) is 24.4 Å². The van der Waals surface area contributed by atoms with Crippen LogP contribution in [0.3, 0.4) is 0 Å². The van der Waals surface area contributed by atoms with Crippen LogP contribution in [0.2, 0.25) is 0 Å². The van der Waals surface area contributed by atoms with E-state index in [2.05, 4.69) is 45.8 Å². The molecule has 152 valence electrons. The maximum Gasteiger partial charge on any atom is 0.227 e. The lowest BCUT2D eigenvalue weighted by Crippen LogP contribution is -2.44. The summed E-state index contributed by atoms with van der Waals surface area (Å²) in [5.74, 6) is 1.75. The highest BCUT2D eigenvalue weighted by molar-refractivity contribution is 5.61. The van der Waals surface area contributed by atoms with Gasteiger partial charge in [0.15, 0.2) is 0 Å². The zero-order chi connectivity index (χ0) is 20.2. The van der Waals surface area contributed by atoms with Crippen molar-refractivity contribution in [1.82, 2.24) is 9.97 Å². The Labute approximate surface area is 172 Å². The molecule has 2 aliphatic rings. The summed E-state index contributed by atoms with van der Waals surface area (Å²) in [6.07, 6.45) is 3.92. The lowest BCUT2D eigenvalue weighted by Gasteiger charge is -2.39. The minimum Gasteiger partial charge on any atom is -0.378 e. The molecule has 2 aromatic rings. The number of benzene rings is 1. The van der Waals surface area contributed by atoms with Gasteiger partial charge in [-0.1, -0.05) is 6.07 Å². The third-order valence-electron chi connectivity index (χ3n) is 5.91. The summed E-state index contributed by atoms with van der Waals surface area (Å²) in [4.78, 5) is 16.1. The maximum atomic E-state index is 9.45. The van der Waals surface area contributed by atoms with Crippen molar-refractivity contribution in [2.75, 3.05) is 61.1 Å². The van der Waals surface area contributed by atoms with E-state index in [4.69, 9.17) is 9.72 Å². The fourth-order valence-electron chi connectivity index (χ4n) is 4.13. The Morgan fingerprint density at radius 3 is 2.59 bits per heavy atom. The van der Waals surface area contributed by atoms with Gasteiger partial charge < -0.3 is 19.4 Å². The van der Waals surface area contributed by atoms with Crippen molar-refractivity contribution in [3.05, 3.63) is 41.6 Å². The topological polar surface area (TPSA) is 68.5 Å². The first-order valence-electron chi connectivity index (χ1n) is 10.3. The molecule has 2 fully saturated rings. The monoisotopic (exact) mass is 392 g/mol. The molecular formula is C22H28N6O. The number of nitrogens with zero attached hydrogens (tertiary/aromatic N) is 6. The van der Waals surface area contributed by atoms with Crippen molar-refractivity contribution < 1.29 is 4.74 Å². The van der Waals surface area contributed by atoms with E-state index in [-0.39, 0.29) is 0 Å². The molecule has 0 saturated carbocycles. The highest BCUT2D eigenvalue weighted by atomic mass is 16.5. The van der Waals surface area contributed by atoms with Gasteiger partial charge in [0.2, 0.25) is 5.95 Å². The van der Waals surface area contributed by atoms with Crippen LogP contribution in [0.25, 0.3) is 0 Å². The van der Waals surface area contributed by atoms with Gasteiger partial charge in [0.05, 0.1) is 24.5 Å². The normalized spacial score (nSPS) is 17.8. The van der Waals surface area contributed by atoms with E-state index >= 15 is 0 Å². The van der Waals surface area contributed by atoms with Crippen LogP contribution >= 0.6 is 0 Å². The Bertz CT molecular complexity index is 881. The molecule has 0 spiro atoms. The summed E-state index contributed by atoms with van der Waals surface area (Å²) < 4.78 is 5.43. The SMILES string of the molecule is Cc1ccc(C#N)c(N2CCC(N(C)c3ccnc(N4CCOCC4)n3)CC2)c1. The molecule has 2 aliphatic heterocycles. The highest BCUT2D eigenvalue weighted by Gasteiger charge is 2.25. The molecule has 7 heteroatoms. The van der Waals surface area contributed by atoms with Gasteiger partial charge in [-0.3, -0.25) is 0 Å². The number of morpholine rings is 1. The van der Waals surface area contributed by atoms with Crippen LogP contribution in [0.4, 0.5) is 17.5 Å². The number of aromatic nitrogens is 2. The number of anilines is 3. The molecule has 3 heterocycles. The van der Waals surface area contributed by atoms with Gasteiger partial charge >= 0.3 is 0 Å². The van der Waals surface area contributed by atoms with Crippen LogP contribution < -0.4 is 14.7 Å². The summed E-state index contributed by atoms with van der Waals surface area (Å²) in [7, 11) is 2.12. The van der Waals surface area contributed by atoms with E-state index in [0.29, 0.717) is 6.04 Å². The maximum absolute atomic E-state index is 9.45. The Kier molecular flexibility index (Phi) is 5.81. The fraction of sp³-hybridized carbons (Fsp3) is 0.500. The van der Waals surface area contributed by atoms with Gasteiger partial charge in [-0.05, 0) is 43.5 Å². The Hall–Kier alpha value is -2.85. The molecule has 2 saturated heterocycles. The lowest BCUT2D eigenvalue weighted by atomic mass is 10.0. The molecule has 0 N–H and O–H groups in total. The van der Waals surface area contributed by atoms with Gasteiger partial charge in [0.25, 0.3) is 0 Å². The van der Waals surface area contributed by atoms with E-state index in [1.54, 1.807) is 0 Å². The third-order valence-corrected chi connectivity index (χ3v) is 5.91. The minimum atomic E-state index is 0.425. The standard InChI is InChI=1S/C22H28N6O/c1-17-3-4-18(16-23)20(15-17)27-9-6-19(7-10-27)26(2)21-5-8-24-22(25-21)28-11-13-29-14-12-28/h3-5,8,15,19H,6-7,9-14H2,1-2H3. The van der Waals surface area contributed by atoms with E-state index in [9.17, 15) is 5.26 Å². The largest absolute Gasteiger partial charge is 0.378 e. The Morgan fingerprint density at radius 2 is 1.86 bits per heavy atom. The molecule has 7 nitrogen and oxygen atoms in total. The fourth-order valence-corrected chi connectivity index (χ4v) is 4.13. The Morgan fingerprint density at radius 1 is 1.10 bits per heavy atom. The lowest BCUT2D eigenvalue weighted by molar-refractivity contribution is 0.122. The van der Waals surface area contributed by atoms with Crippen LogP contribution in [0.15, 0.2) is 30.5 Å². The number of nitriles is 1. The summed E-state index contributed by atoms with van der Waals surface area (Å²) in [6.45, 7) is 7.08. The molecule has 0 radical (unpaired) electrons. The second-order valence-corrected chi connectivity index (χ2v) is 7.78. The minimum absolute atomic E-state index is 0.425. The van der Waals surface area contributed by atoms with Crippen molar-refractivity contribution in [1.29, 1.82) is 5.26 Å². The Balaban J connectivity index is 1.42. The summed E-state index contributed by atoms with van der Waals surface area (Å²) in [6, 6.07) is 10.8. The number of hydrogen-bond acceptors (Lipinski definition) is 7. The smallest absolute Gasteiger partial charge is 0.227 e. The van der Waals surface area contributed by atoms with E-state index in [0.717, 1.165) is 75.3 Å². The summed E-state index contributed by atoms with van der Waals surface area (Å²) in [5.41, 5.74) is 3.01. The number of piperidine rings is 1. The van der Waals surface area contributed by atoms with E-state index in [1.165, 1.54) is 5.56 Å². The number of hydrogen-bond donors (Lipinski definition) is 0. The van der Waals surface area contributed by atoms with Crippen LogP contribution in [0.1, 0.15) is 24.0 Å². The summed E-state index contributed by atoms with van der Waals surface area (Å²) in [5, 5.41) is 9.45. The molecule has 1 aromatic heterocycles. The first kappa shape index (κ1) is 19.5. The van der Waals surface area contributed by atoms with Crippen molar-refractivity contribution in [2.45, 2.75) is 25.8 Å². The van der Waals surface area contributed by atoms with Crippen molar-refractivity contribution in [3.8, 4) is 6.07 Å². The van der Waals surface area contributed by atoms with Crippen LogP contribution in [0.5, 0.6) is 0 Å². The quantitative estimate of drug-likeness (QED) is 0.792. The molecule has 0 amide bonds. The first-order valence-corrected chi connectivity index (χ1v) is 10.3. The average molecular weight is 393 g/mol. The summed E-state index contributed by atoms with van der Waals surface area (Å²) >= 11 is 0. The molecule has 4 rings (SSSR count). The van der Waals surface area contributed by atoms with Crippen molar-refractivity contribution >= 4 is 17.5 Å². The molecular weight excluding hydrogens is 364 g/mol. The van der Waals surface area contributed by atoms with Crippen molar-refractivity contribution in [2.24, 2.45) is 0 Å². The van der Waals surface area contributed by atoms with Gasteiger partial charge in [0.1, 0.15) is 11.9 Å². The molecule has 0 unspecified atom stereocenters. The van der Waals surface area contributed by atoms with E-state index < -0.39 is 0 Å². The number of aryl methyl sites for hydroxylation is 1. The van der Waals surface area contributed by atoms with Gasteiger partial charge in [-0.25, -0.2) is 4.98 Å². The second-order valence-electron chi connectivity index (χ2n) is 7.78.